The number of nitrogens with zero attached hydrogens (tertiary/aromatic N) is 3. The predicted octanol–water partition coefficient (Wildman–Crippen LogP) is 0.598. The molecule has 0 aliphatic rings. The molecule has 1 amide bonds. The highest BCUT2D eigenvalue weighted by molar-refractivity contribution is 5.83. The van der Waals surface area contributed by atoms with Gasteiger partial charge in [-0.15, -0.1) is 0 Å². The van der Waals surface area contributed by atoms with Crippen LogP contribution in [0.2, 0.25) is 0 Å². The minimum absolute atomic E-state index is 0.228. The van der Waals surface area contributed by atoms with Gasteiger partial charge in [0.05, 0.1) is 5.52 Å². The van der Waals surface area contributed by atoms with Crippen molar-refractivity contribution in [3.63, 3.8) is 0 Å². The highest BCUT2D eigenvalue weighted by Gasteiger charge is 2.16. The number of amides is 1. The molecule has 20 heavy (non-hydrogen) atoms. The normalized spacial score (nSPS) is 11.5. The Morgan fingerprint density at radius 3 is 2.80 bits per heavy atom. The SMILES string of the molecule is CCc1nn(CC(N)=O)c(=O)c2cc3oc(C)cc3n12. The zero-order valence-corrected chi connectivity index (χ0v) is 11.2. The fourth-order valence-corrected chi connectivity index (χ4v) is 2.40. The summed E-state index contributed by atoms with van der Waals surface area (Å²) in [6.07, 6.45) is 0.615. The van der Waals surface area contributed by atoms with Gasteiger partial charge in [0.25, 0.3) is 5.56 Å². The van der Waals surface area contributed by atoms with Crippen LogP contribution in [-0.2, 0) is 17.8 Å². The summed E-state index contributed by atoms with van der Waals surface area (Å²) in [6.45, 7) is 3.55. The molecule has 3 aromatic rings. The van der Waals surface area contributed by atoms with Crippen molar-refractivity contribution >= 4 is 22.5 Å². The van der Waals surface area contributed by atoms with Gasteiger partial charge < -0.3 is 10.2 Å². The van der Waals surface area contributed by atoms with Crippen molar-refractivity contribution in [2.75, 3.05) is 0 Å². The zero-order chi connectivity index (χ0) is 14.4. The van der Waals surface area contributed by atoms with E-state index in [1.54, 1.807) is 10.5 Å². The molecule has 7 nitrogen and oxygen atoms in total. The van der Waals surface area contributed by atoms with Crippen molar-refractivity contribution in [2.24, 2.45) is 5.73 Å². The average Bonchev–Trinajstić information content (AvgIpc) is 2.88. The molecule has 0 aliphatic heterocycles. The number of rotatable bonds is 3. The lowest BCUT2D eigenvalue weighted by atomic mass is 10.4. The van der Waals surface area contributed by atoms with E-state index in [9.17, 15) is 9.59 Å². The lowest BCUT2D eigenvalue weighted by molar-refractivity contribution is -0.118. The second kappa shape index (κ2) is 4.22. The van der Waals surface area contributed by atoms with Gasteiger partial charge in [-0.25, -0.2) is 4.68 Å². The van der Waals surface area contributed by atoms with E-state index in [-0.39, 0.29) is 12.1 Å². The van der Waals surface area contributed by atoms with Gasteiger partial charge in [-0.2, -0.15) is 5.10 Å². The first-order chi connectivity index (χ1) is 9.51. The number of carbonyl (C=O) groups excluding carboxylic acids is 1. The van der Waals surface area contributed by atoms with Gasteiger partial charge in [-0.05, 0) is 6.92 Å². The van der Waals surface area contributed by atoms with E-state index in [1.807, 2.05) is 19.9 Å². The Hall–Kier alpha value is -2.57. The number of hydrogen-bond donors (Lipinski definition) is 1. The van der Waals surface area contributed by atoms with Crippen LogP contribution in [0.3, 0.4) is 0 Å². The van der Waals surface area contributed by atoms with E-state index >= 15 is 0 Å². The number of hydrogen-bond acceptors (Lipinski definition) is 4. The molecule has 2 N–H and O–H groups in total. The second-order valence-electron chi connectivity index (χ2n) is 4.67. The molecule has 0 aliphatic carbocycles. The van der Waals surface area contributed by atoms with Crippen molar-refractivity contribution in [1.82, 2.24) is 14.2 Å². The first-order valence-electron chi connectivity index (χ1n) is 6.31. The number of furan rings is 1. The van der Waals surface area contributed by atoms with Gasteiger partial charge in [0.15, 0.2) is 5.58 Å². The minimum atomic E-state index is -0.600. The Balaban J connectivity index is 2.41. The van der Waals surface area contributed by atoms with E-state index in [2.05, 4.69) is 5.10 Å². The van der Waals surface area contributed by atoms with Crippen LogP contribution in [0.1, 0.15) is 18.5 Å². The topological polar surface area (TPSA) is 95.5 Å². The average molecular weight is 274 g/mol. The summed E-state index contributed by atoms with van der Waals surface area (Å²) < 4.78 is 8.41. The summed E-state index contributed by atoms with van der Waals surface area (Å²) in [5.41, 5.74) is 6.66. The third kappa shape index (κ3) is 1.70. The van der Waals surface area contributed by atoms with Crippen LogP contribution < -0.4 is 11.3 Å². The van der Waals surface area contributed by atoms with Crippen LogP contribution in [0, 0.1) is 6.92 Å². The Morgan fingerprint density at radius 1 is 1.40 bits per heavy atom. The smallest absolute Gasteiger partial charge is 0.291 e. The van der Waals surface area contributed by atoms with Gasteiger partial charge in [0.1, 0.15) is 23.6 Å². The highest BCUT2D eigenvalue weighted by Crippen LogP contribution is 2.23. The van der Waals surface area contributed by atoms with Gasteiger partial charge >= 0.3 is 0 Å². The van der Waals surface area contributed by atoms with E-state index in [0.717, 1.165) is 16.0 Å². The molecular weight excluding hydrogens is 260 g/mol. The molecule has 0 saturated carbocycles. The second-order valence-corrected chi connectivity index (χ2v) is 4.67. The van der Waals surface area contributed by atoms with Crippen LogP contribution in [-0.4, -0.2) is 20.1 Å². The van der Waals surface area contributed by atoms with Gasteiger partial charge in [0.2, 0.25) is 5.91 Å². The van der Waals surface area contributed by atoms with Crippen molar-refractivity contribution in [1.29, 1.82) is 0 Å². The number of fused-ring (bicyclic) bond motifs is 3. The fraction of sp³-hybridized carbons (Fsp3) is 0.308. The first-order valence-corrected chi connectivity index (χ1v) is 6.31. The van der Waals surface area contributed by atoms with Gasteiger partial charge in [-0.3, -0.25) is 14.0 Å². The molecule has 0 saturated heterocycles. The Bertz CT molecular complexity index is 884. The van der Waals surface area contributed by atoms with Gasteiger partial charge in [0, 0.05) is 18.6 Å². The number of aryl methyl sites for hydroxylation is 2. The van der Waals surface area contributed by atoms with Crippen LogP contribution in [0.15, 0.2) is 21.3 Å². The van der Waals surface area contributed by atoms with Crippen LogP contribution in [0.4, 0.5) is 0 Å². The van der Waals surface area contributed by atoms with Crippen molar-refractivity contribution < 1.29 is 9.21 Å². The fourth-order valence-electron chi connectivity index (χ4n) is 2.40. The summed E-state index contributed by atoms with van der Waals surface area (Å²) in [4.78, 5) is 23.3. The summed E-state index contributed by atoms with van der Waals surface area (Å²) in [5.74, 6) is 0.849. The molecule has 0 bridgehead atoms. The summed E-state index contributed by atoms with van der Waals surface area (Å²) in [7, 11) is 0. The molecule has 0 atom stereocenters. The number of nitrogens with two attached hydrogens (primary N) is 1. The minimum Gasteiger partial charge on any atom is -0.460 e. The molecule has 0 fully saturated rings. The lowest BCUT2D eigenvalue weighted by Crippen LogP contribution is -2.32. The van der Waals surface area contributed by atoms with E-state index in [0.29, 0.717) is 23.3 Å². The van der Waals surface area contributed by atoms with Crippen LogP contribution in [0.5, 0.6) is 0 Å². The monoisotopic (exact) mass is 274 g/mol. The van der Waals surface area contributed by atoms with Gasteiger partial charge in [-0.1, -0.05) is 6.92 Å². The van der Waals surface area contributed by atoms with E-state index in [1.165, 1.54) is 0 Å². The molecule has 0 aromatic carbocycles. The number of carbonyl (C=O) groups is 1. The first kappa shape index (κ1) is 12.5. The Labute approximate surface area is 113 Å². The number of aromatic nitrogens is 3. The maximum Gasteiger partial charge on any atom is 0.291 e. The molecule has 3 heterocycles. The number of primary amides is 1. The van der Waals surface area contributed by atoms with Crippen molar-refractivity contribution in [3.8, 4) is 0 Å². The maximum atomic E-state index is 12.3. The largest absolute Gasteiger partial charge is 0.460 e. The summed E-state index contributed by atoms with van der Waals surface area (Å²) in [6, 6.07) is 3.53. The summed E-state index contributed by atoms with van der Waals surface area (Å²) in [5, 5.41) is 4.22. The third-order valence-corrected chi connectivity index (χ3v) is 3.18. The molecule has 104 valence electrons. The molecule has 0 spiro atoms. The quantitative estimate of drug-likeness (QED) is 0.756. The van der Waals surface area contributed by atoms with E-state index < -0.39 is 5.91 Å². The Morgan fingerprint density at radius 2 is 2.15 bits per heavy atom. The molecule has 3 aromatic heterocycles. The zero-order valence-electron chi connectivity index (χ0n) is 11.2. The van der Waals surface area contributed by atoms with Crippen LogP contribution in [0.25, 0.3) is 16.6 Å². The molecule has 0 unspecified atom stereocenters. The Kier molecular flexibility index (Phi) is 2.63. The summed E-state index contributed by atoms with van der Waals surface area (Å²) >= 11 is 0. The highest BCUT2D eigenvalue weighted by atomic mass is 16.3. The molecular formula is C13H14N4O3. The molecule has 0 radical (unpaired) electrons. The van der Waals surface area contributed by atoms with Crippen LogP contribution >= 0.6 is 0 Å². The molecule has 7 heteroatoms. The lowest BCUT2D eigenvalue weighted by Gasteiger charge is -2.07. The standard InChI is InChI=1S/C13H14N4O3/c1-3-12-15-16(6-11(14)18)13(19)9-5-10-8(17(9)12)4-7(2)20-10/h4-5H,3,6H2,1-2H3,(H2,14,18). The third-order valence-electron chi connectivity index (χ3n) is 3.18. The predicted molar refractivity (Wildman–Crippen MR) is 72.5 cm³/mol. The molecule has 3 rings (SSSR count). The van der Waals surface area contributed by atoms with Crippen molar-refractivity contribution in [3.05, 3.63) is 34.1 Å². The van der Waals surface area contributed by atoms with Crippen molar-refractivity contribution in [2.45, 2.75) is 26.8 Å². The van der Waals surface area contributed by atoms with E-state index in [4.69, 9.17) is 10.2 Å². The maximum absolute atomic E-state index is 12.3.